The molecular formula is C17H27NO3. The Balaban J connectivity index is 2.22. The van der Waals surface area contributed by atoms with Crippen molar-refractivity contribution in [3.63, 3.8) is 0 Å². The molecule has 0 amide bonds. The lowest BCUT2D eigenvalue weighted by Gasteiger charge is -2.32. The number of rotatable bonds is 7. The largest absolute Gasteiger partial charge is 0.493 e. The first-order valence-electron chi connectivity index (χ1n) is 7.87. The van der Waals surface area contributed by atoms with Gasteiger partial charge in [-0.1, -0.05) is 13.0 Å². The van der Waals surface area contributed by atoms with Crippen molar-refractivity contribution >= 4 is 0 Å². The molecule has 2 rings (SSSR count). The molecule has 118 valence electrons. The first-order chi connectivity index (χ1) is 10.3. The van der Waals surface area contributed by atoms with E-state index in [1.807, 2.05) is 6.07 Å². The van der Waals surface area contributed by atoms with E-state index in [-0.39, 0.29) is 12.1 Å². The van der Waals surface area contributed by atoms with Crippen LogP contribution in [0.4, 0.5) is 0 Å². The standard InChI is InChI=1S/C17H27NO3/c1-4-10-18-17(15-7-5-6-11-21-15)13-8-9-14(19-2)16(12-13)20-3/h8-9,12,15,17-18H,4-7,10-11H2,1-3H3. The van der Waals surface area contributed by atoms with Gasteiger partial charge in [0.25, 0.3) is 0 Å². The maximum atomic E-state index is 5.99. The van der Waals surface area contributed by atoms with Crippen molar-refractivity contribution in [1.29, 1.82) is 0 Å². The molecule has 1 heterocycles. The predicted octanol–water partition coefficient (Wildman–Crippen LogP) is 3.31. The van der Waals surface area contributed by atoms with Crippen LogP contribution in [0, 0.1) is 0 Å². The second kappa shape index (κ2) is 8.25. The predicted molar refractivity (Wildman–Crippen MR) is 84.2 cm³/mol. The summed E-state index contributed by atoms with van der Waals surface area (Å²) in [6.45, 7) is 4.03. The van der Waals surface area contributed by atoms with E-state index in [4.69, 9.17) is 14.2 Å². The third-order valence-corrected chi connectivity index (χ3v) is 3.97. The monoisotopic (exact) mass is 293 g/mol. The van der Waals surface area contributed by atoms with Gasteiger partial charge < -0.3 is 19.5 Å². The Morgan fingerprint density at radius 3 is 2.67 bits per heavy atom. The summed E-state index contributed by atoms with van der Waals surface area (Å²) in [7, 11) is 3.34. The molecule has 0 radical (unpaired) electrons. The summed E-state index contributed by atoms with van der Waals surface area (Å²) in [5, 5.41) is 3.62. The van der Waals surface area contributed by atoms with Crippen LogP contribution < -0.4 is 14.8 Å². The number of hydrogen-bond donors (Lipinski definition) is 1. The Hall–Kier alpha value is -1.26. The zero-order chi connectivity index (χ0) is 15.1. The molecule has 0 aromatic heterocycles. The highest BCUT2D eigenvalue weighted by atomic mass is 16.5. The summed E-state index contributed by atoms with van der Waals surface area (Å²) in [6.07, 6.45) is 4.86. The molecule has 4 heteroatoms. The molecule has 0 saturated carbocycles. The summed E-state index contributed by atoms with van der Waals surface area (Å²) < 4.78 is 16.7. The van der Waals surface area contributed by atoms with Gasteiger partial charge in [-0.15, -0.1) is 0 Å². The van der Waals surface area contributed by atoms with Gasteiger partial charge in [-0.25, -0.2) is 0 Å². The molecule has 21 heavy (non-hydrogen) atoms. The summed E-state index contributed by atoms with van der Waals surface area (Å²) in [5.74, 6) is 1.54. The number of methoxy groups -OCH3 is 2. The number of hydrogen-bond acceptors (Lipinski definition) is 4. The molecule has 0 aliphatic carbocycles. The van der Waals surface area contributed by atoms with Gasteiger partial charge in [0.2, 0.25) is 0 Å². The molecule has 0 bridgehead atoms. The molecule has 2 atom stereocenters. The molecule has 1 aliphatic heterocycles. The number of nitrogens with one attached hydrogen (secondary N) is 1. The SMILES string of the molecule is CCCNC(c1ccc(OC)c(OC)c1)C1CCCCO1. The summed E-state index contributed by atoms with van der Waals surface area (Å²) in [6, 6.07) is 6.35. The first-order valence-corrected chi connectivity index (χ1v) is 7.87. The Morgan fingerprint density at radius 1 is 1.24 bits per heavy atom. The Kier molecular flexibility index (Phi) is 6.33. The molecule has 1 fully saturated rings. The molecule has 1 aromatic carbocycles. The quantitative estimate of drug-likeness (QED) is 0.837. The van der Waals surface area contributed by atoms with E-state index >= 15 is 0 Å². The van der Waals surface area contributed by atoms with E-state index in [1.54, 1.807) is 14.2 Å². The van der Waals surface area contributed by atoms with E-state index in [0.717, 1.165) is 37.5 Å². The second-order valence-electron chi connectivity index (χ2n) is 5.45. The highest BCUT2D eigenvalue weighted by Crippen LogP contribution is 2.33. The maximum absolute atomic E-state index is 5.99. The molecule has 1 N–H and O–H groups in total. The van der Waals surface area contributed by atoms with Crippen LogP contribution in [-0.2, 0) is 4.74 Å². The topological polar surface area (TPSA) is 39.7 Å². The van der Waals surface area contributed by atoms with Gasteiger partial charge in [0.15, 0.2) is 11.5 Å². The Bertz CT molecular complexity index is 430. The molecule has 1 aromatic rings. The summed E-state index contributed by atoms with van der Waals surface area (Å²) in [4.78, 5) is 0. The van der Waals surface area contributed by atoms with Crippen molar-refractivity contribution in [2.45, 2.75) is 44.8 Å². The summed E-state index contributed by atoms with van der Waals surface area (Å²) in [5.41, 5.74) is 1.20. The lowest BCUT2D eigenvalue weighted by molar-refractivity contribution is -0.00819. The number of benzene rings is 1. The van der Waals surface area contributed by atoms with Gasteiger partial charge in [0.05, 0.1) is 26.4 Å². The lowest BCUT2D eigenvalue weighted by atomic mass is 9.95. The van der Waals surface area contributed by atoms with Gasteiger partial charge in [0.1, 0.15) is 0 Å². The molecule has 1 aliphatic rings. The van der Waals surface area contributed by atoms with Crippen molar-refractivity contribution in [3.8, 4) is 11.5 Å². The third-order valence-electron chi connectivity index (χ3n) is 3.97. The lowest BCUT2D eigenvalue weighted by Crippen LogP contribution is -2.36. The van der Waals surface area contributed by atoms with Gasteiger partial charge in [-0.2, -0.15) is 0 Å². The molecule has 4 nitrogen and oxygen atoms in total. The fraction of sp³-hybridized carbons (Fsp3) is 0.647. The van der Waals surface area contributed by atoms with Crippen molar-refractivity contribution in [2.75, 3.05) is 27.4 Å². The van der Waals surface area contributed by atoms with Gasteiger partial charge in [-0.05, 0) is 49.9 Å². The van der Waals surface area contributed by atoms with Crippen LogP contribution in [0.1, 0.15) is 44.2 Å². The van der Waals surface area contributed by atoms with Crippen molar-refractivity contribution in [2.24, 2.45) is 0 Å². The van der Waals surface area contributed by atoms with E-state index in [9.17, 15) is 0 Å². The molecule has 0 spiro atoms. The van der Waals surface area contributed by atoms with Gasteiger partial charge >= 0.3 is 0 Å². The highest BCUT2D eigenvalue weighted by molar-refractivity contribution is 5.44. The highest BCUT2D eigenvalue weighted by Gasteiger charge is 2.26. The fourth-order valence-corrected chi connectivity index (χ4v) is 2.84. The van der Waals surface area contributed by atoms with Crippen LogP contribution >= 0.6 is 0 Å². The maximum Gasteiger partial charge on any atom is 0.161 e. The Morgan fingerprint density at radius 2 is 2.05 bits per heavy atom. The second-order valence-corrected chi connectivity index (χ2v) is 5.45. The zero-order valence-electron chi connectivity index (χ0n) is 13.4. The van der Waals surface area contributed by atoms with Crippen molar-refractivity contribution in [3.05, 3.63) is 23.8 Å². The van der Waals surface area contributed by atoms with E-state index in [0.29, 0.717) is 0 Å². The van der Waals surface area contributed by atoms with Gasteiger partial charge in [-0.3, -0.25) is 0 Å². The third kappa shape index (κ3) is 4.11. The van der Waals surface area contributed by atoms with E-state index in [2.05, 4.69) is 24.4 Å². The van der Waals surface area contributed by atoms with E-state index in [1.165, 1.54) is 18.4 Å². The average Bonchev–Trinajstić information content (AvgIpc) is 2.56. The summed E-state index contributed by atoms with van der Waals surface area (Å²) >= 11 is 0. The Labute approximate surface area is 127 Å². The van der Waals surface area contributed by atoms with Crippen LogP contribution in [0.5, 0.6) is 11.5 Å². The van der Waals surface area contributed by atoms with Crippen molar-refractivity contribution in [1.82, 2.24) is 5.32 Å². The van der Waals surface area contributed by atoms with Gasteiger partial charge in [0, 0.05) is 6.61 Å². The van der Waals surface area contributed by atoms with Crippen LogP contribution in [0.2, 0.25) is 0 Å². The minimum atomic E-state index is 0.213. The minimum Gasteiger partial charge on any atom is -0.493 e. The zero-order valence-corrected chi connectivity index (χ0v) is 13.4. The molecular weight excluding hydrogens is 266 g/mol. The van der Waals surface area contributed by atoms with Crippen LogP contribution in [0.3, 0.4) is 0 Å². The normalized spacial score (nSPS) is 20.0. The first kappa shape index (κ1) is 16.1. The van der Waals surface area contributed by atoms with Crippen LogP contribution in [0.25, 0.3) is 0 Å². The fourth-order valence-electron chi connectivity index (χ4n) is 2.84. The van der Waals surface area contributed by atoms with Crippen LogP contribution in [0.15, 0.2) is 18.2 Å². The average molecular weight is 293 g/mol. The number of ether oxygens (including phenoxy) is 3. The molecule has 1 saturated heterocycles. The van der Waals surface area contributed by atoms with E-state index < -0.39 is 0 Å². The van der Waals surface area contributed by atoms with Crippen LogP contribution in [-0.4, -0.2) is 33.5 Å². The van der Waals surface area contributed by atoms with Crippen molar-refractivity contribution < 1.29 is 14.2 Å². The molecule has 2 unspecified atom stereocenters. The smallest absolute Gasteiger partial charge is 0.161 e. The minimum absolute atomic E-state index is 0.213.